The largest absolute Gasteiger partial charge is 0.478 e. The van der Waals surface area contributed by atoms with Crippen molar-refractivity contribution >= 4 is 40.7 Å². The van der Waals surface area contributed by atoms with Crippen molar-refractivity contribution in [1.29, 1.82) is 0 Å². The zero-order chi connectivity index (χ0) is 22.1. The van der Waals surface area contributed by atoms with E-state index in [1.165, 1.54) is 19.9 Å². The number of hydrogen-bond donors (Lipinski definition) is 1. The predicted octanol–water partition coefficient (Wildman–Crippen LogP) is 5.30. The lowest BCUT2D eigenvalue weighted by molar-refractivity contribution is -0.152. The number of allylic oxidation sites excluding steroid dienone is 1. The Morgan fingerprint density at radius 3 is 2.43 bits per heavy atom. The van der Waals surface area contributed by atoms with Crippen LogP contribution in [0.15, 0.2) is 45.7 Å². The molecule has 0 fully saturated rings. The molecular weight excluding hydrogens is 402 g/mol. The number of fused-ring (bicyclic) bond motifs is 1. The average Bonchev–Trinajstić information content (AvgIpc) is 3.12. The Morgan fingerprint density at radius 1 is 1.17 bits per heavy atom. The van der Waals surface area contributed by atoms with Gasteiger partial charge >= 0.3 is 5.97 Å². The quantitative estimate of drug-likeness (QED) is 0.312. The van der Waals surface area contributed by atoms with Crippen molar-refractivity contribution in [2.24, 2.45) is 0 Å². The maximum atomic E-state index is 12.5. The first kappa shape index (κ1) is 21.6. The summed E-state index contributed by atoms with van der Waals surface area (Å²) in [6, 6.07) is 9.29. The van der Waals surface area contributed by atoms with Crippen LogP contribution < -0.4 is 4.74 Å². The normalized spacial score (nSPS) is 11.9. The predicted molar refractivity (Wildman–Crippen MR) is 117 cm³/mol. The molecule has 7 heteroatoms. The number of ether oxygens (including phenoxy) is 1. The zero-order valence-corrected chi connectivity index (χ0v) is 18.3. The molecule has 3 aromatic rings. The third kappa shape index (κ3) is 4.57. The summed E-state index contributed by atoms with van der Waals surface area (Å²) in [7, 11) is 0. The zero-order valence-electron chi connectivity index (χ0n) is 17.5. The molecule has 1 N–H and O–H groups in total. The van der Waals surface area contributed by atoms with Crippen molar-refractivity contribution in [3.63, 3.8) is 0 Å². The Morgan fingerprint density at radius 2 is 1.83 bits per heavy atom. The van der Waals surface area contributed by atoms with Crippen LogP contribution in [-0.4, -0.2) is 33.7 Å². The smallest absolute Gasteiger partial charge is 0.347 e. The minimum absolute atomic E-state index is 0.0381. The molecule has 0 atom stereocenters. The Labute approximate surface area is 178 Å². The molecular formula is C23H23NO5S. The average molecular weight is 426 g/mol. The molecule has 0 spiro atoms. The second-order valence-corrected chi connectivity index (χ2v) is 8.33. The van der Waals surface area contributed by atoms with Gasteiger partial charge in [-0.2, -0.15) is 0 Å². The molecule has 6 nitrogen and oxygen atoms in total. The van der Waals surface area contributed by atoms with Gasteiger partial charge in [-0.05, 0) is 87.0 Å². The van der Waals surface area contributed by atoms with Crippen LogP contribution in [0.25, 0.3) is 17.2 Å². The van der Waals surface area contributed by atoms with Crippen molar-refractivity contribution < 1.29 is 23.8 Å². The van der Waals surface area contributed by atoms with E-state index >= 15 is 0 Å². The van der Waals surface area contributed by atoms with Crippen LogP contribution in [0.4, 0.5) is 0 Å². The minimum Gasteiger partial charge on any atom is -0.478 e. The van der Waals surface area contributed by atoms with E-state index in [4.69, 9.17) is 9.15 Å². The van der Waals surface area contributed by atoms with Crippen LogP contribution in [0.1, 0.15) is 41.2 Å². The van der Waals surface area contributed by atoms with Gasteiger partial charge in [0.15, 0.2) is 11.2 Å². The summed E-state index contributed by atoms with van der Waals surface area (Å²) in [5, 5.41) is 9.28. The van der Waals surface area contributed by atoms with Crippen LogP contribution in [-0.2, 0) is 4.79 Å². The van der Waals surface area contributed by atoms with Gasteiger partial charge in [0, 0.05) is 4.90 Å². The maximum Gasteiger partial charge on any atom is 0.347 e. The van der Waals surface area contributed by atoms with E-state index in [0.29, 0.717) is 16.8 Å². The van der Waals surface area contributed by atoms with Gasteiger partial charge in [0.1, 0.15) is 11.3 Å². The standard InChI is InChI=1S/C23H23NO5S/c1-13-10-15(11-14(2)20(13)29-23(3,4)22(26)27)6-9-18(25)21-24-17-8-7-16(30-5)12-19(17)28-21/h6-12H,1-5H3,(H,26,27)/b9-6+. The van der Waals surface area contributed by atoms with Crippen LogP contribution in [0, 0.1) is 13.8 Å². The van der Waals surface area contributed by atoms with Crippen molar-refractivity contribution in [1.82, 2.24) is 4.98 Å². The molecule has 0 aliphatic carbocycles. The molecule has 0 saturated carbocycles. The number of carboxylic acid groups (broad SMARTS) is 1. The highest BCUT2D eigenvalue weighted by Crippen LogP contribution is 2.29. The van der Waals surface area contributed by atoms with Crippen molar-refractivity contribution in [3.05, 3.63) is 59.0 Å². The third-order valence-corrected chi connectivity index (χ3v) is 5.31. The first-order chi connectivity index (χ1) is 14.1. The first-order valence-electron chi connectivity index (χ1n) is 9.31. The van der Waals surface area contributed by atoms with Gasteiger partial charge in [-0.15, -0.1) is 11.8 Å². The molecule has 0 saturated heterocycles. The van der Waals surface area contributed by atoms with E-state index in [0.717, 1.165) is 21.6 Å². The number of ketones is 1. The van der Waals surface area contributed by atoms with Gasteiger partial charge in [0.05, 0.1) is 0 Å². The second kappa shape index (κ2) is 8.36. The molecule has 1 heterocycles. The first-order valence-corrected chi connectivity index (χ1v) is 10.5. The van der Waals surface area contributed by atoms with Gasteiger partial charge in [0.2, 0.25) is 5.78 Å². The van der Waals surface area contributed by atoms with Crippen LogP contribution in [0.2, 0.25) is 0 Å². The lowest BCUT2D eigenvalue weighted by atomic mass is 10.0. The highest BCUT2D eigenvalue weighted by atomic mass is 32.2. The highest BCUT2D eigenvalue weighted by molar-refractivity contribution is 7.98. The summed E-state index contributed by atoms with van der Waals surface area (Å²) in [4.78, 5) is 29.1. The van der Waals surface area contributed by atoms with Gasteiger partial charge in [-0.3, -0.25) is 4.79 Å². The summed E-state index contributed by atoms with van der Waals surface area (Å²) in [5.74, 6) is -0.816. The summed E-state index contributed by atoms with van der Waals surface area (Å²) >= 11 is 1.59. The third-order valence-electron chi connectivity index (χ3n) is 4.59. The van der Waals surface area contributed by atoms with Crippen LogP contribution in [0.3, 0.4) is 0 Å². The number of carbonyl (C=O) groups is 2. The Kier molecular flexibility index (Phi) is 6.03. The molecule has 1 aromatic heterocycles. The van der Waals surface area contributed by atoms with E-state index in [2.05, 4.69) is 4.98 Å². The number of oxazole rings is 1. The highest BCUT2D eigenvalue weighted by Gasteiger charge is 2.30. The van der Waals surface area contributed by atoms with Crippen LogP contribution >= 0.6 is 11.8 Å². The fraction of sp³-hybridized carbons (Fsp3) is 0.261. The van der Waals surface area contributed by atoms with Gasteiger partial charge in [-0.1, -0.05) is 6.08 Å². The number of hydrogen-bond acceptors (Lipinski definition) is 6. The molecule has 2 aromatic carbocycles. The Balaban J connectivity index is 1.82. The van der Waals surface area contributed by atoms with Gasteiger partial charge < -0.3 is 14.3 Å². The SMILES string of the molecule is CSc1ccc2nc(C(=O)/C=C/c3cc(C)c(OC(C)(C)C(=O)O)c(C)c3)oc2c1. The molecule has 0 aliphatic rings. The summed E-state index contributed by atoms with van der Waals surface area (Å²) in [5.41, 5.74) is 2.23. The van der Waals surface area contributed by atoms with E-state index in [-0.39, 0.29) is 11.7 Å². The number of carbonyl (C=O) groups excluding carboxylic acids is 1. The summed E-state index contributed by atoms with van der Waals surface area (Å²) in [6.07, 6.45) is 5.06. The number of aryl methyl sites for hydroxylation is 2. The topological polar surface area (TPSA) is 89.6 Å². The molecule has 0 aliphatic heterocycles. The van der Waals surface area contributed by atoms with E-state index in [1.54, 1.807) is 17.8 Å². The number of nitrogens with zero attached hydrogens (tertiary/aromatic N) is 1. The molecule has 30 heavy (non-hydrogen) atoms. The lowest BCUT2D eigenvalue weighted by Gasteiger charge is -2.24. The lowest BCUT2D eigenvalue weighted by Crippen LogP contribution is -2.38. The van der Waals surface area contributed by atoms with E-state index < -0.39 is 11.6 Å². The molecule has 156 valence electrons. The fourth-order valence-electron chi connectivity index (χ4n) is 2.92. The number of carboxylic acids is 1. The summed E-state index contributed by atoms with van der Waals surface area (Å²) in [6.45, 7) is 6.68. The molecule has 0 bridgehead atoms. The monoisotopic (exact) mass is 425 g/mol. The summed E-state index contributed by atoms with van der Waals surface area (Å²) < 4.78 is 11.3. The number of thioether (sulfide) groups is 1. The van der Waals surface area contributed by atoms with E-state index in [9.17, 15) is 14.7 Å². The van der Waals surface area contributed by atoms with E-state index in [1.807, 2.05) is 50.4 Å². The second-order valence-electron chi connectivity index (χ2n) is 7.45. The Bertz CT molecular complexity index is 1140. The van der Waals surface area contributed by atoms with Crippen molar-refractivity contribution in [3.8, 4) is 5.75 Å². The molecule has 0 unspecified atom stereocenters. The molecule has 0 amide bonds. The molecule has 3 rings (SSSR count). The number of benzene rings is 2. The Hall–Kier alpha value is -3.06. The van der Waals surface area contributed by atoms with Gasteiger partial charge in [-0.25, -0.2) is 9.78 Å². The van der Waals surface area contributed by atoms with Gasteiger partial charge in [0.25, 0.3) is 5.89 Å². The van der Waals surface area contributed by atoms with Crippen molar-refractivity contribution in [2.75, 3.05) is 6.26 Å². The molecule has 0 radical (unpaired) electrons. The number of aliphatic carboxylic acids is 1. The number of aromatic nitrogens is 1. The maximum absolute atomic E-state index is 12.5. The number of rotatable bonds is 7. The minimum atomic E-state index is -1.34. The fourth-order valence-corrected chi connectivity index (χ4v) is 3.35. The van der Waals surface area contributed by atoms with Crippen molar-refractivity contribution in [2.45, 2.75) is 38.2 Å². The van der Waals surface area contributed by atoms with Crippen LogP contribution in [0.5, 0.6) is 5.75 Å².